The maximum atomic E-state index is 12.0. The lowest BCUT2D eigenvalue weighted by molar-refractivity contribution is -0.134. The van der Waals surface area contributed by atoms with Crippen molar-refractivity contribution in [1.29, 1.82) is 0 Å². The van der Waals surface area contributed by atoms with Crippen LogP contribution in [0.3, 0.4) is 0 Å². The molecule has 0 fully saturated rings. The van der Waals surface area contributed by atoms with Crippen LogP contribution in [0.5, 0.6) is 17.2 Å². The number of hydrogen-bond donors (Lipinski definition) is 0. The summed E-state index contributed by atoms with van der Waals surface area (Å²) in [6, 6.07) is 14.5. The van der Waals surface area contributed by atoms with Gasteiger partial charge in [-0.25, -0.2) is 4.68 Å². The highest BCUT2D eigenvalue weighted by Crippen LogP contribution is 2.26. The van der Waals surface area contributed by atoms with Crippen LogP contribution in [0, 0.1) is 0 Å². The van der Waals surface area contributed by atoms with Gasteiger partial charge in [-0.2, -0.15) is 0 Å². The molecule has 0 saturated carbocycles. The van der Waals surface area contributed by atoms with E-state index in [2.05, 4.69) is 15.5 Å². The number of carbonyl (C=O) groups is 1. The molecule has 2 aromatic carbocycles. The SMILES string of the molecule is CCOc1ccccc1OCCCC(=O)Oc1cccc(-n2cnnn2)c1. The van der Waals surface area contributed by atoms with Gasteiger partial charge in [-0.05, 0) is 48.0 Å². The molecule has 27 heavy (non-hydrogen) atoms. The Bertz CT molecular complexity index is 868. The Balaban J connectivity index is 1.46. The number of rotatable bonds is 9. The maximum absolute atomic E-state index is 12.0. The van der Waals surface area contributed by atoms with Gasteiger partial charge in [-0.3, -0.25) is 4.79 Å². The van der Waals surface area contributed by atoms with E-state index in [1.165, 1.54) is 11.0 Å². The van der Waals surface area contributed by atoms with Crippen molar-refractivity contribution in [2.45, 2.75) is 19.8 Å². The topological polar surface area (TPSA) is 88.4 Å². The normalized spacial score (nSPS) is 10.4. The number of esters is 1. The second kappa shape index (κ2) is 9.33. The first-order chi connectivity index (χ1) is 13.3. The van der Waals surface area contributed by atoms with Crippen molar-refractivity contribution >= 4 is 5.97 Å². The fourth-order valence-corrected chi connectivity index (χ4v) is 2.39. The van der Waals surface area contributed by atoms with Gasteiger partial charge in [0.05, 0.1) is 18.9 Å². The van der Waals surface area contributed by atoms with Crippen molar-refractivity contribution in [3.63, 3.8) is 0 Å². The van der Waals surface area contributed by atoms with Gasteiger partial charge in [0.1, 0.15) is 12.1 Å². The summed E-state index contributed by atoms with van der Waals surface area (Å²) < 4.78 is 18.1. The minimum atomic E-state index is -0.328. The molecule has 8 nitrogen and oxygen atoms in total. The molecule has 0 unspecified atom stereocenters. The maximum Gasteiger partial charge on any atom is 0.311 e. The number of benzene rings is 2. The van der Waals surface area contributed by atoms with Crippen LogP contribution in [0.25, 0.3) is 5.69 Å². The standard InChI is InChI=1S/C19H20N4O4/c1-2-25-17-9-3-4-10-18(17)26-12-6-11-19(24)27-16-8-5-7-15(13-16)23-14-20-21-22-23/h3-5,7-10,13-14H,2,6,11-12H2,1H3. The zero-order valence-corrected chi connectivity index (χ0v) is 14.9. The number of hydrogen-bond acceptors (Lipinski definition) is 7. The Labute approximate surface area is 156 Å². The fraction of sp³-hybridized carbons (Fsp3) is 0.263. The van der Waals surface area contributed by atoms with Crippen LogP contribution >= 0.6 is 0 Å². The summed E-state index contributed by atoms with van der Waals surface area (Å²) in [5.41, 5.74) is 0.709. The number of para-hydroxylation sites is 2. The highest BCUT2D eigenvalue weighted by atomic mass is 16.5. The van der Waals surface area contributed by atoms with Crippen LogP contribution < -0.4 is 14.2 Å². The van der Waals surface area contributed by atoms with E-state index >= 15 is 0 Å². The number of tetrazole rings is 1. The average molecular weight is 368 g/mol. The van der Waals surface area contributed by atoms with Gasteiger partial charge in [-0.15, -0.1) is 5.10 Å². The summed E-state index contributed by atoms with van der Waals surface area (Å²) in [6.07, 6.45) is 2.25. The molecule has 0 saturated heterocycles. The molecule has 0 aliphatic heterocycles. The monoisotopic (exact) mass is 368 g/mol. The molecule has 0 aliphatic rings. The number of nitrogens with zero attached hydrogens (tertiary/aromatic N) is 4. The van der Waals surface area contributed by atoms with Crippen molar-refractivity contribution in [2.75, 3.05) is 13.2 Å². The highest BCUT2D eigenvalue weighted by molar-refractivity contribution is 5.72. The summed E-state index contributed by atoms with van der Waals surface area (Å²) >= 11 is 0. The minimum absolute atomic E-state index is 0.242. The summed E-state index contributed by atoms with van der Waals surface area (Å²) in [5, 5.41) is 11.0. The van der Waals surface area contributed by atoms with Gasteiger partial charge in [0.25, 0.3) is 0 Å². The molecule has 0 atom stereocenters. The van der Waals surface area contributed by atoms with Crippen molar-refractivity contribution in [1.82, 2.24) is 20.2 Å². The van der Waals surface area contributed by atoms with Gasteiger partial charge >= 0.3 is 5.97 Å². The summed E-state index contributed by atoms with van der Waals surface area (Å²) in [7, 11) is 0. The largest absolute Gasteiger partial charge is 0.490 e. The summed E-state index contributed by atoms with van der Waals surface area (Å²) in [6.45, 7) is 2.88. The van der Waals surface area contributed by atoms with Crippen LogP contribution in [0.1, 0.15) is 19.8 Å². The van der Waals surface area contributed by atoms with Gasteiger partial charge in [0.15, 0.2) is 11.5 Å². The van der Waals surface area contributed by atoms with Crippen molar-refractivity contribution in [2.24, 2.45) is 0 Å². The summed E-state index contributed by atoms with van der Waals surface area (Å²) in [4.78, 5) is 12.0. The molecule has 0 aliphatic carbocycles. The van der Waals surface area contributed by atoms with Gasteiger partial charge in [0.2, 0.25) is 0 Å². The van der Waals surface area contributed by atoms with E-state index in [0.717, 1.165) is 0 Å². The van der Waals surface area contributed by atoms with E-state index in [1.807, 2.05) is 37.3 Å². The Morgan fingerprint density at radius 2 is 1.89 bits per heavy atom. The second-order valence-corrected chi connectivity index (χ2v) is 5.56. The third kappa shape index (κ3) is 5.27. The molecule has 8 heteroatoms. The lowest BCUT2D eigenvalue weighted by Crippen LogP contribution is -2.10. The summed E-state index contributed by atoms with van der Waals surface area (Å²) in [5.74, 6) is 1.48. The predicted octanol–water partition coefficient (Wildman–Crippen LogP) is 2.83. The van der Waals surface area contributed by atoms with Crippen LogP contribution in [0.15, 0.2) is 54.9 Å². The Hall–Kier alpha value is -3.42. The quantitative estimate of drug-likeness (QED) is 0.326. The van der Waals surface area contributed by atoms with Crippen LogP contribution in [0.2, 0.25) is 0 Å². The zero-order valence-electron chi connectivity index (χ0n) is 14.9. The smallest absolute Gasteiger partial charge is 0.311 e. The molecule has 0 N–H and O–H groups in total. The molecule has 3 aromatic rings. The molecular formula is C19H20N4O4. The molecule has 0 amide bonds. The lowest BCUT2D eigenvalue weighted by atomic mass is 10.3. The van der Waals surface area contributed by atoms with Crippen molar-refractivity contribution in [3.05, 3.63) is 54.9 Å². The molecular weight excluding hydrogens is 348 g/mol. The third-order valence-corrected chi connectivity index (χ3v) is 3.59. The molecule has 0 bridgehead atoms. The molecule has 0 radical (unpaired) electrons. The van der Waals surface area contributed by atoms with Crippen LogP contribution in [-0.4, -0.2) is 39.4 Å². The number of aromatic nitrogens is 4. The molecule has 3 rings (SSSR count). The second-order valence-electron chi connectivity index (χ2n) is 5.56. The van der Waals surface area contributed by atoms with Gasteiger partial charge in [-0.1, -0.05) is 18.2 Å². The first kappa shape index (κ1) is 18.4. The first-order valence-corrected chi connectivity index (χ1v) is 8.65. The lowest BCUT2D eigenvalue weighted by Gasteiger charge is -2.11. The Morgan fingerprint density at radius 1 is 1.07 bits per heavy atom. The van der Waals surface area contributed by atoms with Gasteiger partial charge < -0.3 is 14.2 Å². The van der Waals surface area contributed by atoms with E-state index in [0.29, 0.717) is 42.6 Å². The Kier molecular flexibility index (Phi) is 6.35. The highest BCUT2D eigenvalue weighted by Gasteiger charge is 2.08. The average Bonchev–Trinajstić information content (AvgIpc) is 3.22. The van der Waals surface area contributed by atoms with E-state index in [1.54, 1.807) is 18.2 Å². The van der Waals surface area contributed by atoms with Crippen molar-refractivity contribution < 1.29 is 19.0 Å². The molecule has 1 aromatic heterocycles. The fourth-order valence-electron chi connectivity index (χ4n) is 2.39. The Morgan fingerprint density at radius 3 is 2.63 bits per heavy atom. The van der Waals surface area contributed by atoms with Crippen LogP contribution in [0.4, 0.5) is 0 Å². The zero-order chi connectivity index (χ0) is 18.9. The minimum Gasteiger partial charge on any atom is -0.490 e. The van der Waals surface area contributed by atoms with Gasteiger partial charge in [0, 0.05) is 12.5 Å². The molecule has 1 heterocycles. The van der Waals surface area contributed by atoms with Crippen molar-refractivity contribution in [3.8, 4) is 22.9 Å². The molecule has 140 valence electrons. The van der Waals surface area contributed by atoms with E-state index in [-0.39, 0.29) is 12.4 Å². The first-order valence-electron chi connectivity index (χ1n) is 8.65. The number of carbonyl (C=O) groups excluding carboxylic acids is 1. The number of ether oxygens (including phenoxy) is 3. The van der Waals surface area contributed by atoms with E-state index < -0.39 is 0 Å². The van der Waals surface area contributed by atoms with Crippen LogP contribution in [-0.2, 0) is 4.79 Å². The van der Waals surface area contributed by atoms with E-state index in [4.69, 9.17) is 14.2 Å². The predicted molar refractivity (Wildman–Crippen MR) is 97.1 cm³/mol. The molecule has 0 spiro atoms. The third-order valence-electron chi connectivity index (χ3n) is 3.59. The van der Waals surface area contributed by atoms with E-state index in [9.17, 15) is 4.79 Å².